The first-order valence-electron chi connectivity index (χ1n) is 8.86. The van der Waals surface area contributed by atoms with Gasteiger partial charge in [0.15, 0.2) is 0 Å². The van der Waals surface area contributed by atoms with Gasteiger partial charge in [0, 0.05) is 45.0 Å². The lowest BCUT2D eigenvalue weighted by Crippen LogP contribution is -2.41. The van der Waals surface area contributed by atoms with E-state index < -0.39 is 0 Å². The molecule has 1 fully saturated rings. The predicted octanol–water partition coefficient (Wildman–Crippen LogP) is 2.37. The molecule has 3 heterocycles. The Morgan fingerprint density at radius 3 is 2.80 bits per heavy atom. The highest BCUT2D eigenvalue weighted by Crippen LogP contribution is 2.28. The van der Waals surface area contributed by atoms with Crippen LogP contribution in [0.5, 0.6) is 0 Å². The summed E-state index contributed by atoms with van der Waals surface area (Å²) in [6, 6.07) is 6.22. The molecule has 0 spiro atoms. The summed E-state index contributed by atoms with van der Waals surface area (Å²) < 4.78 is 1.80. The van der Waals surface area contributed by atoms with Gasteiger partial charge < -0.3 is 9.80 Å². The van der Waals surface area contributed by atoms with Crippen molar-refractivity contribution < 1.29 is 4.79 Å². The highest BCUT2D eigenvalue weighted by Gasteiger charge is 2.25. The molecular weight excluding hydrogens is 314 g/mol. The first-order valence-corrected chi connectivity index (χ1v) is 8.86. The number of hydrogen-bond acceptors (Lipinski definition) is 4. The second-order valence-electron chi connectivity index (χ2n) is 7.11. The van der Waals surface area contributed by atoms with Gasteiger partial charge in [-0.1, -0.05) is 0 Å². The summed E-state index contributed by atoms with van der Waals surface area (Å²) in [6.07, 6.45) is 4.01. The third kappa shape index (κ3) is 4.00. The topological polar surface area (TPSA) is 54.3 Å². The molecule has 2 aromatic heterocycles. The van der Waals surface area contributed by atoms with Crippen molar-refractivity contribution in [2.45, 2.75) is 39.2 Å². The number of carbonyl (C=O) groups excluding carboxylic acids is 1. The first kappa shape index (κ1) is 17.5. The van der Waals surface area contributed by atoms with Crippen LogP contribution in [0.15, 0.2) is 24.4 Å². The SMILES string of the molecule is Cc1cc(C)n(CC(=O)N2CCC[C@H](c3ccnc(N(C)C)c3)C2)n1. The maximum absolute atomic E-state index is 12.7. The molecule has 0 N–H and O–H groups in total. The van der Waals surface area contributed by atoms with Gasteiger partial charge in [-0.2, -0.15) is 5.10 Å². The maximum atomic E-state index is 12.7. The Morgan fingerprint density at radius 2 is 2.12 bits per heavy atom. The Balaban J connectivity index is 1.69. The van der Waals surface area contributed by atoms with Crippen molar-refractivity contribution in [3.8, 4) is 0 Å². The van der Waals surface area contributed by atoms with Crippen molar-refractivity contribution in [3.05, 3.63) is 41.3 Å². The monoisotopic (exact) mass is 341 g/mol. The molecule has 1 atom stereocenters. The molecule has 134 valence electrons. The van der Waals surface area contributed by atoms with Crippen molar-refractivity contribution >= 4 is 11.7 Å². The second kappa shape index (κ2) is 7.25. The fourth-order valence-electron chi connectivity index (χ4n) is 3.47. The van der Waals surface area contributed by atoms with Gasteiger partial charge in [0.2, 0.25) is 5.91 Å². The fourth-order valence-corrected chi connectivity index (χ4v) is 3.47. The van der Waals surface area contributed by atoms with Crippen LogP contribution in [0.4, 0.5) is 5.82 Å². The van der Waals surface area contributed by atoms with Gasteiger partial charge in [0.1, 0.15) is 12.4 Å². The molecule has 0 aliphatic carbocycles. The maximum Gasteiger partial charge on any atom is 0.244 e. The van der Waals surface area contributed by atoms with E-state index in [4.69, 9.17) is 0 Å². The molecular formula is C19H27N5O. The molecule has 0 saturated carbocycles. The van der Waals surface area contributed by atoms with Crippen molar-refractivity contribution in [3.63, 3.8) is 0 Å². The lowest BCUT2D eigenvalue weighted by Gasteiger charge is -2.33. The molecule has 25 heavy (non-hydrogen) atoms. The minimum atomic E-state index is 0.151. The van der Waals surface area contributed by atoms with Crippen LogP contribution in [0.25, 0.3) is 0 Å². The Morgan fingerprint density at radius 1 is 1.32 bits per heavy atom. The molecule has 6 nitrogen and oxygen atoms in total. The van der Waals surface area contributed by atoms with Gasteiger partial charge in [-0.3, -0.25) is 9.48 Å². The van der Waals surface area contributed by atoms with Gasteiger partial charge >= 0.3 is 0 Å². The van der Waals surface area contributed by atoms with E-state index in [2.05, 4.69) is 22.2 Å². The molecule has 0 bridgehead atoms. The Kier molecular flexibility index (Phi) is 5.06. The summed E-state index contributed by atoms with van der Waals surface area (Å²) in [5, 5.41) is 4.41. The minimum absolute atomic E-state index is 0.151. The van der Waals surface area contributed by atoms with Crippen LogP contribution in [0.3, 0.4) is 0 Å². The lowest BCUT2D eigenvalue weighted by molar-refractivity contribution is -0.133. The number of pyridine rings is 1. The highest BCUT2D eigenvalue weighted by molar-refractivity contribution is 5.76. The summed E-state index contributed by atoms with van der Waals surface area (Å²) in [5.74, 6) is 1.49. The molecule has 0 unspecified atom stereocenters. The van der Waals surface area contributed by atoms with Gasteiger partial charge in [0.05, 0.1) is 5.69 Å². The molecule has 1 aliphatic rings. The number of piperidine rings is 1. The van der Waals surface area contributed by atoms with E-state index in [1.807, 2.05) is 50.0 Å². The lowest BCUT2D eigenvalue weighted by atomic mass is 9.91. The second-order valence-corrected chi connectivity index (χ2v) is 7.11. The van der Waals surface area contributed by atoms with E-state index in [1.165, 1.54) is 5.56 Å². The van der Waals surface area contributed by atoms with E-state index in [0.717, 1.165) is 43.1 Å². The van der Waals surface area contributed by atoms with Crippen LogP contribution >= 0.6 is 0 Å². The molecule has 1 saturated heterocycles. The molecule has 1 amide bonds. The van der Waals surface area contributed by atoms with E-state index in [0.29, 0.717) is 12.5 Å². The van der Waals surface area contributed by atoms with Crippen molar-refractivity contribution in [2.24, 2.45) is 0 Å². The zero-order valence-corrected chi connectivity index (χ0v) is 15.6. The highest BCUT2D eigenvalue weighted by atomic mass is 16.2. The van der Waals surface area contributed by atoms with Crippen molar-refractivity contribution in [2.75, 3.05) is 32.1 Å². The quantitative estimate of drug-likeness (QED) is 0.857. The van der Waals surface area contributed by atoms with Crippen LogP contribution in [-0.4, -0.2) is 52.8 Å². The van der Waals surface area contributed by atoms with E-state index in [1.54, 1.807) is 4.68 Å². The summed E-state index contributed by atoms with van der Waals surface area (Å²) in [5.41, 5.74) is 3.25. The number of hydrogen-bond donors (Lipinski definition) is 0. The molecule has 3 rings (SSSR count). The third-order valence-electron chi connectivity index (χ3n) is 4.86. The number of anilines is 1. The largest absolute Gasteiger partial charge is 0.363 e. The van der Waals surface area contributed by atoms with Gasteiger partial charge in [0.25, 0.3) is 0 Å². The summed E-state index contributed by atoms with van der Waals surface area (Å²) in [7, 11) is 3.99. The number of amides is 1. The predicted molar refractivity (Wildman–Crippen MR) is 98.8 cm³/mol. The Labute approximate surface area is 149 Å². The van der Waals surface area contributed by atoms with E-state index in [-0.39, 0.29) is 5.91 Å². The normalized spacial score (nSPS) is 17.6. The summed E-state index contributed by atoms with van der Waals surface area (Å²) in [6.45, 7) is 5.88. The van der Waals surface area contributed by atoms with Crippen molar-refractivity contribution in [1.82, 2.24) is 19.7 Å². The minimum Gasteiger partial charge on any atom is -0.363 e. The first-order chi connectivity index (χ1) is 11.9. The van der Waals surface area contributed by atoms with Crippen LogP contribution in [0.1, 0.15) is 35.7 Å². The smallest absolute Gasteiger partial charge is 0.244 e. The number of aryl methyl sites for hydroxylation is 2. The fraction of sp³-hybridized carbons (Fsp3) is 0.526. The molecule has 0 aromatic carbocycles. The number of rotatable bonds is 4. The van der Waals surface area contributed by atoms with Crippen LogP contribution in [0, 0.1) is 13.8 Å². The molecule has 1 aliphatic heterocycles. The number of aromatic nitrogens is 3. The number of carbonyl (C=O) groups is 1. The average molecular weight is 341 g/mol. The average Bonchev–Trinajstić information content (AvgIpc) is 2.92. The van der Waals surface area contributed by atoms with Gasteiger partial charge in [-0.05, 0) is 50.5 Å². The van der Waals surface area contributed by atoms with Gasteiger partial charge in [-0.25, -0.2) is 4.98 Å². The van der Waals surface area contributed by atoms with Crippen LogP contribution < -0.4 is 4.90 Å². The zero-order chi connectivity index (χ0) is 18.0. The van der Waals surface area contributed by atoms with Crippen molar-refractivity contribution in [1.29, 1.82) is 0 Å². The number of likely N-dealkylation sites (tertiary alicyclic amines) is 1. The van der Waals surface area contributed by atoms with E-state index in [9.17, 15) is 4.79 Å². The molecule has 6 heteroatoms. The number of nitrogens with zero attached hydrogens (tertiary/aromatic N) is 5. The van der Waals surface area contributed by atoms with Gasteiger partial charge in [-0.15, -0.1) is 0 Å². The standard InChI is InChI=1S/C19H27N5O/c1-14-10-15(2)24(21-14)13-19(25)23-9-5-6-17(12-23)16-7-8-20-18(11-16)22(3)4/h7-8,10-11,17H,5-6,9,12-13H2,1-4H3/t17-/m0/s1. The Hall–Kier alpha value is -2.37. The van der Waals surface area contributed by atoms with Crippen LogP contribution in [-0.2, 0) is 11.3 Å². The summed E-state index contributed by atoms with van der Waals surface area (Å²) in [4.78, 5) is 21.1. The zero-order valence-electron chi connectivity index (χ0n) is 15.6. The molecule has 0 radical (unpaired) electrons. The van der Waals surface area contributed by atoms with E-state index >= 15 is 0 Å². The third-order valence-corrected chi connectivity index (χ3v) is 4.86. The molecule has 2 aromatic rings. The summed E-state index contributed by atoms with van der Waals surface area (Å²) >= 11 is 0. The van der Waals surface area contributed by atoms with Crippen LogP contribution in [0.2, 0.25) is 0 Å². The Bertz CT molecular complexity index is 752.